The van der Waals surface area contributed by atoms with Crippen molar-refractivity contribution in [2.75, 3.05) is 26.2 Å². The maximum absolute atomic E-state index is 13.1. The summed E-state index contributed by atoms with van der Waals surface area (Å²) in [5.41, 5.74) is -0.436. The van der Waals surface area contributed by atoms with Gasteiger partial charge in [-0.15, -0.1) is 0 Å². The summed E-state index contributed by atoms with van der Waals surface area (Å²) in [5, 5.41) is 3.45. The predicted octanol–water partition coefficient (Wildman–Crippen LogP) is 0.0992. The summed E-state index contributed by atoms with van der Waals surface area (Å²) in [7, 11) is -3.77. The van der Waals surface area contributed by atoms with Crippen LogP contribution in [0.4, 0.5) is 0 Å². The molecule has 12 heteroatoms. The summed E-state index contributed by atoms with van der Waals surface area (Å²) in [4.78, 5) is 46.3. The molecule has 0 atom stereocenters. The Balaban J connectivity index is 1.31. The largest absolute Gasteiger partial charge is 0.345 e. The number of fused-ring (bicyclic) bond motifs is 2. The van der Waals surface area contributed by atoms with E-state index >= 15 is 0 Å². The molecule has 1 saturated heterocycles. The third-order valence-electron chi connectivity index (χ3n) is 5.80. The molecule has 1 aromatic carbocycles. The number of piperazine rings is 1. The lowest BCUT2D eigenvalue weighted by Crippen LogP contribution is -2.51. The fourth-order valence-electron chi connectivity index (χ4n) is 4.05. The van der Waals surface area contributed by atoms with Crippen molar-refractivity contribution in [2.24, 2.45) is 0 Å². The van der Waals surface area contributed by atoms with E-state index in [-0.39, 0.29) is 54.3 Å². The standard InChI is InChI=1S/C21H20N6O5S/c28-18(13-27-21(30)15-5-2-1-4-14(15)20(29)24-27)25-8-10-26(11-9-25)33(31,32)17-12-23-19-16(17)6-3-7-22-19/h1-7,12H,8-11,13H2,(H,22,23)(H,24,29). The third-order valence-corrected chi connectivity index (χ3v) is 7.74. The van der Waals surface area contributed by atoms with Gasteiger partial charge in [0, 0.05) is 44.0 Å². The van der Waals surface area contributed by atoms with Gasteiger partial charge in [-0.05, 0) is 24.3 Å². The van der Waals surface area contributed by atoms with E-state index in [1.807, 2.05) is 0 Å². The Morgan fingerprint density at radius 3 is 2.42 bits per heavy atom. The fourth-order valence-corrected chi connectivity index (χ4v) is 5.63. The van der Waals surface area contributed by atoms with Gasteiger partial charge in [0.25, 0.3) is 11.1 Å². The van der Waals surface area contributed by atoms with E-state index in [4.69, 9.17) is 0 Å². The SMILES string of the molecule is O=C(Cn1[nH]c(=O)c2ccccc2c1=O)N1CCN(S(=O)(=O)c2c[nH]c3ncccc23)CC1. The maximum atomic E-state index is 13.1. The number of carbonyl (C=O) groups is 1. The molecule has 1 aliphatic heterocycles. The number of sulfonamides is 1. The topological polar surface area (TPSA) is 141 Å². The number of hydrogen-bond acceptors (Lipinski definition) is 6. The number of amides is 1. The Morgan fingerprint density at radius 1 is 0.970 bits per heavy atom. The summed E-state index contributed by atoms with van der Waals surface area (Å²) < 4.78 is 28.6. The molecular formula is C21H20N6O5S. The van der Waals surface area contributed by atoms with Crippen LogP contribution in [0, 0.1) is 0 Å². The molecule has 0 spiro atoms. The Labute approximate surface area is 187 Å². The highest BCUT2D eigenvalue weighted by Crippen LogP contribution is 2.25. The monoisotopic (exact) mass is 468 g/mol. The van der Waals surface area contributed by atoms with Crippen molar-refractivity contribution in [1.82, 2.24) is 29.0 Å². The molecule has 33 heavy (non-hydrogen) atoms. The van der Waals surface area contributed by atoms with Crippen LogP contribution in [0.3, 0.4) is 0 Å². The number of nitrogens with zero attached hydrogens (tertiary/aromatic N) is 4. The number of carbonyl (C=O) groups excluding carboxylic acids is 1. The van der Waals surface area contributed by atoms with Gasteiger partial charge in [0.2, 0.25) is 15.9 Å². The second-order valence-corrected chi connectivity index (χ2v) is 9.62. The number of hydrogen-bond donors (Lipinski definition) is 2. The first kappa shape index (κ1) is 21.1. The molecule has 0 saturated carbocycles. The summed E-state index contributed by atoms with van der Waals surface area (Å²) in [5.74, 6) is -0.378. The van der Waals surface area contributed by atoms with E-state index in [1.54, 1.807) is 36.5 Å². The molecule has 5 rings (SSSR count). The average molecular weight is 468 g/mol. The van der Waals surface area contributed by atoms with Gasteiger partial charge in [0.15, 0.2) is 0 Å². The molecule has 170 valence electrons. The third kappa shape index (κ3) is 3.62. The van der Waals surface area contributed by atoms with Gasteiger partial charge in [0.05, 0.1) is 10.8 Å². The lowest BCUT2D eigenvalue weighted by Gasteiger charge is -2.34. The molecule has 1 fully saturated rings. The van der Waals surface area contributed by atoms with E-state index in [0.717, 1.165) is 4.68 Å². The Hall–Kier alpha value is -3.77. The van der Waals surface area contributed by atoms with Crippen LogP contribution in [0.15, 0.2) is 63.3 Å². The zero-order valence-electron chi connectivity index (χ0n) is 17.4. The van der Waals surface area contributed by atoms with Gasteiger partial charge in [-0.1, -0.05) is 12.1 Å². The van der Waals surface area contributed by atoms with Crippen LogP contribution in [0.2, 0.25) is 0 Å². The van der Waals surface area contributed by atoms with Crippen molar-refractivity contribution in [2.45, 2.75) is 11.4 Å². The van der Waals surface area contributed by atoms with Crippen molar-refractivity contribution in [1.29, 1.82) is 0 Å². The summed E-state index contributed by atoms with van der Waals surface area (Å²) >= 11 is 0. The smallest absolute Gasteiger partial charge is 0.273 e. The molecule has 0 aliphatic carbocycles. The molecule has 1 amide bonds. The summed E-state index contributed by atoms with van der Waals surface area (Å²) in [6, 6.07) is 9.76. The van der Waals surface area contributed by atoms with Gasteiger partial charge < -0.3 is 9.88 Å². The van der Waals surface area contributed by atoms with E-state index < -0.39 is 21.1 Å². The molecule has 0 bridgehead atoms. The number of nitrogens with one attached hydrogen (secondary N) is 2. The number of rotatable bonds is 4. The molecule has 0 unspecified atom stereocenters. The average Bonchev–Trinajstić information content (AvgIpc) is 3.27. The van der Waals surface area contributed by atoms with Crippen LogP contribution in [0.1, 0.15) is 0 Å². The molecule has 2 N–H and O–H groups in total. The zero-order valence-corrected chi connectivity index (χ0v) is 18.2. The molecule has 0 radical (unpaired) electrons. The van der Waals surface area contributed by atoms with Crippen LogP contribution in [-0.4, -0.2) is 69.5 Å². The van der Waals surface area contributed by atoms with Crippen molar-refractivity contribution in [3.8, 4) is 0 Å². The Bertz CT molecular complexity index is 1590. The second-order valence-electron chi connectivity index (χ2n) is 7.72. The Kier molecular flexibility index (Phi) is 5.10. The Morgan fingerprint density at radius 2 is 1.67 bits per heavy atom. The van der Waals surface area contributed by atoms with Gasteiger partial charge in [-0.25, -0.2) is 18.1 Å². The van der Waals surface area contributed by atoms with Crippen molar-refractivity contribution >= 4 is 37.7 Å². The van der Waals surface area contributed by atoms with E-state index in [9.17, 15) is 22.8 Å². The van der Waals surface area contributed by atoms with E-state index in [1.165, 1.54) is 21.5 Å². The van der Waals surface area contributed by atoms with Crippen LogP contribution >= 0.6 is 0 Å². The first-order valence-electron chi connectivity index (χ1n) is 10.3. The van der Waals surface area contributed by atoms with Crippen molar-refractivity contribution in [3.63, 3.8) is 0 Å². The number of H-pyrrole nitrogens is 2. The van der Waals surface area contributed by atoms with Crippen molar-refractivity contribution < 1.29 is 13.2 Å². The summed E-state index contributed by atoms with van der Waals surface area (Å²) in [6.07, 6.45) is 3.00. The van der Waals surface area contributed by atoms with Crippen LogP contribution in [0.5, 0.6) is 0 Å². The van der Waals surface area contributed by atoms with Crippen LogP contribution < -0.4 is 11.1 Å². The lowest BCUT2D eigenvalue weighted by atomic mass is 10.2. The highest BCUT2D eigenvalue weighted by molar-refractivity contribution is 7.89. The number of pyridine rings is 1. The first-order valence-corrected chi connectivity index (χ1v) is 11.7. The number of aromatic nitrogens is 4. The zero-order chi connectivity index (χ0) is 23.2. The predicted molar refractivity (Wildman–Crippen MR) is 120 cm³/mol. The molecule has 11 nitrogen and oxygen atoms in total. The molecule has 1 aliphatic rings. The van der Waals surface area contributed by atoms with Gasteiger partial charge in [0.1, 0.15) is 17.1 Å². The van der Waals surface area contributed by atoms with Crippen molar-refractivity contribution in [3.05, 3.63) is 69.5 Å². The van der Waals surface area contributed by atoms with E-state index in [0.29, 0.717) is 11.0 Å². The molecular weight excluding hydrogens is 448 g/mol. The molecule has 3 aromatic heterocycles. The molecule has 4 heterocycles. The number of benzene rings is 1. The van der Waals surface area contributed by atoms with Gasteiger partial charge >= 0.3 is 0 Å². The summed E-state index contributed by atoms with van der Waals surface area (Å²) in [6.45, 7) is 0.241. The van der Waals surface area contributed by atoms with Gasteiger partial charge in [-0.3, -0.25) is 19.5 Å². The first-order chi connectivity index (χ1) is 15.9. The number of aromatic amines is 2. The minimum absolute atomic E-state index is 0.115. The second kappa shape index (κ2) is 7.98. The minimum Gasteiger partial charge on any atom is -0.345 e. The lowest BCUT2D eigenvalue weighted by molar-refractivity contribution is -0.133. The molecule has 4 aromatic rings. The minimum atomic E-state index is -3.77. The highest BCUT2D eigenvalue weighted by atomic mass is 32.2. The maximum Gasteiger partial charge on any atom is 0.273 e. The highest BCUT2D eigenvalue weighted by Gasteiger charge is 2.32. The quantitative estimate of drug-likeness (QED) is 0.435. The fraction of sp³-hybridized carbons (Fsp3) is 0.238. The van der Waals surface area contributed by atoms with Crippen LogP contribution in [0.25, 0.3) is 21.8 Å². The van der Waals surface area contributed by atoms with Crippen LogP contribution in [-0.2, 0) is 21.4 Å². The normalized spacial score (nSPS) is 15.3. The van der Waals surface area contributed by atoms with E-state index in [2.05, 4.69) is 15.1 Å². The van der Waals surface area contributed by atoms with Gasteiger partial charge in [-0.2, -0.15) is 4.31 Å².